The van der Waals surface area contributed by atoms with Crippen molar-refractivity contribution >= 4 is 11.8 Å². The summed E-state index contributed by atoms with van der Waals surface area (Å²) >= 11 is 0. The minimum atomic E-state index is -0.263. The van der Waals surface area contributed by atoms with Crippen molar-refractivity contribution in [3.63, 3.8) is 0 Å². The fourth-order valence-corrected chi connectivity index (χ4v) is 4.76. The van der Waals surface area contributed by atoms with Gasteiger partial charge in [-0.1, -0.05) is 0 Å². The highest BCUT2D eigenvalue weighted by Gasteiger charge is 2.35. The molecule has 2 amide bonds. The van der Waals surface area contributed by atoms with Gasteiger partial charge in [-0.25, -0.2) is 9.97 Å². The summed E-state index contributed by atoms with van der Waals surface area (Å²) in [6.45, 7) is 7.76. The van der Waals surface area contributed by atoms with Crippen LogP contribution in [-0.4, -0.2) is 70.5 Å². The van der Waals surface area contributed by atoms with Crippen molar-refractivity contribution in [2.24, 2.45) is 0 Å². The first kappa shape index (κ1) is 20.3. The Bertz CT molecular complexity index is 746. The van der Waals surface area contributed by atoms with Crippen molar-refractivity contribution in [3.8, 4) is 0 Å². The molecule has 4 heterocycles. The molecule has 0 aliphatic carbocycles. The van der Waals surface area contributed by atoms with E-state index in [1.165, 1.54) is 6.42 Å². The molecule has 0 saturated carbocycles. The van der Waals surface area contributed by atoms with Crippen molar-refractivity contribution in [1.29, 1.82) is 0 Å². The van der Waals surface area contributed by atoms with Gasteiger partial charge >= 0.3 is 0 Å². The smallest absolute Gasteiger partial charge is 0.251 e. The number of likely N-dealkylation sites (tertiary alicyclic amines) is 2. The van der Waals surface area contributed by atoms with Crippen LogP contribution in [0.2, 0.25) is 0 Å². The molecule has 3 aliphatic heterocycles. The van der Waals surface area contributed by atoms with Crippen LogP contribution in [0.1, 0.15) is 67.2 Å². The van der Waals surface area contributed by atoms with Gasteiger partial charge in [0.05, 0.1) is 6.42 Å². The molecule has 0 spiro atoms. The van der Waals surface area contributed by atoms with E-state index in [9.17, 15) is 9.59 Å². The third kappa shape index (κ3) is 4.44. The zero-order valence-electron chi connectivity index (χ0n) is 17.7. The Labute approximate surface area is 172 Å². The van der Waals surface area contributed by atoms with Crippen LogP contribution in [0.15, 0.2) is 0 Å². The second-order valence-corrected chi connectivity index (χ2v) is 8.62. The minimum absolute atomic E-state index is 0.113. The molecule has 1 aromatic heterocycles. The fraction of sp³-hybridized carbons (Fsp3) is 0.727. The predicted molar refractivity (Wildman–Crippen MR) is 109 cm³/mol. The summed E-state index contributed by atoms with van der Waals surface area (Å²) in [6.07, 6.45) is 6.20. The normalized spacial score (nSPS) is 24.9. The number of aryl methyl sites for hydroxylation is 2. The SMILES string of the molecule is Cc1nc([C@@H]2CCN(C(=O)[C@H]3CCCO3)C2)nc(C)c1CC(=O)N1CCCCC1. The van der Waals surface area contributed by atoms with E-state index in [1.807, 2.05) is 23.6 Å². The second kappa shape index (κ2) is 8.78. The molecule has 7 heteroatoms. The van der Waals surface area contributed by atoms with Gasteiger partial charge < -0.3 is 14.5 Å². The van der Waals surface area contributed by atoms with Gasteiger partial charge in [0, 0.05) is 55.7 Å². The van der Waals surface area contributed by atoms with E-state index in [4.69, 9.17) is 14.7 Å². The molecular formula is C22H32N4O3. The van der Waals surface area contributed by atoms with E-state index in [0.29, 0.717) is 19.6 Å². The van der Waals surface area contributed by atoms with Gasteiger partial charge in [-0.05, 0) is 52.4 Å². The molecule has 29 heavy (non-hydrogen) atoms. The van der Waals surface area contributed by atoms with Crippen molar-refractivity contribution in [2.45, 2.75) is 70.8 Å². The van der Waals surface area contributed by atoms with Crippen LogP contribution in [0.5, 0.6) is 0 Å². The molecule has 0 bridgehead atoms. The number of nitrogens with zero attached hydrogens (tertiary/aromatic N) is 4. The van der Waals surface area contributed by atoms with Gasteiger partial charge in [0.1, 0.15) is 11.9 Å². The van der Waals surface area contributed by atoms with E-state index in [2.05, 4.69) is 0 Å². The van der Waals surface area contributed by atoms with Crippen molar-refractivity contribution in [3.05, 3.63) is 22.8 Å². The molecule has 0 radical (unpaired) electrons. The summed E-state index contributed by atoms with van der Waals surface area (Å²) in [6, 6.07) is 0. The standard InChI is InChI=1S/C22H32N4O3/c1-15-18(13-20(27)25-9-4-3-5-10-25)16(2)24-21(23-15)17-8-11-26(14-17)22(28)19-7-6-12-29-19/h17,19H,3-14H2,1-2H3/t17-,19-/m1/s1. The van der Waals surface area contributed by atoms with E-state index in [0.717, 1.165) is 74.5 Å². The Balaban J connectivity index is 1.41. The average Bonchev–Trinajstić information content (AvgIpc) is 3.43. The lowest BCUT2D eigenvalue weighted by Gasteiger charge is -2.27. The molecule has 1 aromatic rings. The second-order valence-electron chi connectivity index (χ2n) is 8.62. The number of carbonyl (C=O) groups is 2. The predicted octanol–water partition coefficient (Wildman–Crippen LogP) is 2.14. The average molecular weight is 401 g/mol. The molecule has 0 aromatic carbocycles. The number of amides is 2. The van der Waals surface area contributed by atoms with E-state index >= 15 is 0 Å². The van der Waals surface area contributed by atoms with Crippen molar-refractivity contribution in [1.82, 2.24) is 19.8 Å². The third-order valence-electron chi connectivity index (χ3n) is 6.54. The molecule has 2 atom stereocenters. The quantitative estimate of drug-likeness (QED) is 0.774. The number of carbonyl (C=O) groups excluding carboxylic acids is 2. The number of piperidine rings is 1. The van der Waals surface area contributed by atoms with Gasteiger partial charge in [0.25, 0.3) is 5.91 Å². The maximum Gasteiger partial charge on any atom is 0.251 e. The molecule has 4 rings (SSSR count). The van der Waals surface area contributed by atoms with Gasteiger partial charge in [0.2, 0.25) is 5.91 Å². The highest BCUT2D eigenvalue weighted by atomic mass is 16.5. The van der Waals surface area contributed by atoms with Crippen molar-refractivity contribution in [2.75, 3.05) is 32.8 Å². The number of rotatable bonds is 4. The number of ether oxygens (including phenoxy) is 1. The maximum absolute atomic E-state index is 12.7. The molecule has 7 nitrogen and oxygen atoms in total. The lowest BCUT2D eigenvalue weighted by molar-refractivity contribution is -0.139. The van der Waals surface area contributed by atoms with E-state index < -0.39 is 0 Å². The zero-order chi connectivity index (χ0) is 20.4. The third-order valence-corrected chi connectivity index (χ3v) is 6.54. The lowest BCUT2D eigenvalue weighted by Crippen LogP contribution is -2.37. The van der Waals surface area contributed by atoms with Crippen LogP contribution < -0.4 is 0 Å². The zero-order valence-corrected chi connectivity index (χ0v) is 17.7. The van der Waals surface area contributed by atoms with Gasteiger partial charge in [-0.15, -0.1) is 0 Å². The van der Waals surface area contributed by atoms with E-state index in [-0.39, 0.29) is 23.8 Å². The number of hydrogen-bond donors (Lipinski definition) is 0. The Morgan fingerprint density at radius 1 is 0.966 bits per heavy atom. The summed E-state index contributed by atoms with van der Waals surface area (Å²) in [5.74, 6) is 1.25. The summed E-state index contributed by atoms with van der Waals surface area (Å²) in [4.78, 5) is 38.7. The van der Waals surface area contributed by atoms with Crippen LogP contribution in [0, 0.1) is 13.8 Å². The molecule has 3 aliphatic rings. The van der Waals surface area contributed by atoms with Gasteiger partial charge in [-0.2, -0.15) is 0 Å². The molecule has 158 valence electrons. The van der Waals surface area contributed by atoms with Gasteiger partial charge in [-0.3, -0.25) is 9.59 Å². The molecule has 0 unspecified atom stereocenters. The monoisotopic (exact) mass is 400 g/mol. The lowest BCUT2D eigenvalue weighted by atomic mass is 10.0. The first-order chi connectivity index (χ1) is 14.0. The number of hydrogen-bond acceptors (Lipinski definition) is 5. The van der Waals surface area contributed by atoms with Gasteiger partial charge in [0.15, 0.2) is 0 Å². The molecular weight excluding hydrogens is 368 g/mol. The highest BCUT2D eigenvalue weighted by Crippen LogP contribution is 2.28. The molecule has 3 saturated heterocycles. The summed E-state index contributed by atoms with van der Waals surface area (Å²) in [5, 5.41) is 0. The minimum Gasteiger partial charge on any atom is -0.368 e. The Morgan fingerprint density at radius 2 is 1.69 bits per heavy atom. The van der Waals surface area contributed by atoms with Crippen LogP contribution in [-0.2, 0) is 20.7 Å². The summed E-state index contributed by atoms with van der Waals surface area (Å²) in [5.41, 5.74) is 2.73. The number of aromatic nitrogens is 2. The Morgan fingerprint density at radius 3 is 2.34 bits per heavy atom. The topological polar surface area (TPSA) is 75.6 Å². The van der Waals surface area contributed by atoms with Crippen molar-refractivity contribution < 1.29 is 14.3 Å². The molecule has 0 N–H and O–H groups in total. The van der Waals surface area contributed by atoms with E-state index in [1.54, 1.807) is 0 Å². The van der Waals surface area contributed by atoms with Crippen LogP contribution >= 0.6 is 0 Å². The summed E-state index contributed by atoms with van der Waals surface area (Å²) in [7, 11) is 0. The van der Waals surface area contributed by atoms with Crippen LogP contribution in [0.25, 0.3) is 0 Å². The van der Waals surface area contributed by atoms with Crippen LogP contribution in [0.4, 0.5) is 0 Å². The van der Waals surface area contributed by atoms with Crippen LogP contribution in [0.3, 0.4) is 0 Å². The highest BCUT2D eigenvalue weighted by molar-refractivity contribution is 5.81. The Hall–Kier alpha value is -2.02. The fourth-order valence-electron chi connectivity index (χ4n) is 4.76. The largest absolute Gasteiger partial charge is 0.368 e. The first-order valence-electron chi connectivity index (χ1n) is 11.0. The maximum atomic E-state index is 12.7. The Kier molecular flexibility index (Phi) is 6.13. The summed E-state index contributed by atoms with van der Waals surface area (Å²) < 4.78 is 5.55. The first-order valence-corrected chi connectivity index (χ1v) is 11.0. The molecule has 3 fully saturated rings.